The molecule has 0 saturated carbocycles. The number of hydrogen-bond acceptors (Lipinski definition) is 3. The SMILES string of the molecule is O=C([O-])CC(CO)c1ccccc1. The zero-order valence-electron chi connectivity index (χ0n) is 7.14. The van der Waals surface area contributed by atoms with E-state index in [1.165, 1.54) is 0 Å². The van der Waals surface area contributed by atoms with E-state index in [2.05, 4.69) is 0 Å². The van der Waals surface area contributed by atoms with Gasteiger partial charge in [0.25, 0.3) is 0 Å². The highest BCUT2D eigenvalue weighted by atomic mass is 16.4. The molecule has 0 bridgehead atoms. The number of aliphatic carboxylic acids is 1. The van der Waals surface area contributed by atoms with Gasteiger partial charge in [0.05, 0.1) is 6.61 Å². The van der Waals surface area contributed by atoms with Crippen molar-refractivity contribution in [1.29, 1.82) is 0 Å². The van der Waals surface area contributed by atoms with Gasteiger partial charge in [0.15, 0.2) is 0 Å². The number of hydrogen-bond donors (Lipinski definition) is 1. The summed E-state index contributed by atoms with van der Waals surface area (Å²) in [6.07, 6.45) is -0.138. The summed E-state index contributed by atoms with van der Waals surface area (Å²) >= 11 is 0. The molecular weight excluding hydrogens is 168 g/mol. The van der Waals surface area contributed by atoms with Crippen molar-refractivity contribution >= 4 is 5.97 Å². The fourth-order valence-corrected chi connectivity index (χ4v) is 1.21. The summed E-state index contributed by atoms with van der Waals surface area (Å²) < 4.78 is 0. The van der Waals surface area contributed by atoms with Crippen LogP contribution in [0.3, 0.4) is 0 Å². The summed E-state index contributed by atoms with van der Waals surface area (Å²) in [7, 11) is 0. The van der Waals surface area contributed by atoms with Crippen molar-refractivity contribution < 1.29 is 15.0 Å². The van der Waals surface area contributed by atoms with Crippen LogP contribution in [0.2, 0.25) is 0 Å². The fourth-order valence-electron chi connectivity index (χ4n) is 1.21. The molecule has 0 fully saturated rings. The van der Waals surface area contributed by atoms with E-state index in [1.807, 2.05) is 18.2 Å². The van der Waals surface area contributed by atoms with Crippen LogP contribution in [0, 0.1) is 0 Å². The van der Waals surface area contributed by atoms with Crippen molar-refractivity contribution in [3.05, 3.63) is 35.9 Å². The van der Waals surface area contributed by atoms with E-state index >= 15 is 0 Å². The van der Waals surface area contributed by atoms with Crippen molar-refractivity contribution in [2.24, 2.45) is 0 Å². The molecule has 1 unspecified atom stereocenters. The van der Waals surface area contributed by atoms with Crippen LogP contribution in [0.25, 0.3) is 0 Å². The number of carbonyl (C=O) groups is 1. The Hall–Kier alpha value is -1.35. The number of rotatable bonds is 4. The molecule has 0 aromatic heterocycles. The molecule has 1 aromatic rings. The van der Waals surface area contributed by atoms with E-state index in [1.54, 1.807) is 12.1 Å². The molecule has 0 amide bonds. The van der Waals surface area contributed by atoms with Crippen LogP contribution >= 0.6 is 0 Å². The predicted octanol–water partition coefficient (Wildman–Crippen LogP) is -0.0975. The molecule has 1 N–H and O–H groups in total. The highest BCUT2D eigenvalue weighted by Crippen LogP contribution is 2.17. The summed E-state index contributed by atoms with van der Waals surface area (Å²) in [5.74, 6) is -1.49. The lowest BCUT2D eigenvalue weighted by atomic mass is 9.97. The van der Waals surface area contributed by atoms with Gasteiger partial charge in [0.1, 0.15) is 0 Å². The number of aliphatic hydroxyl groups excluding tert-OH is 1. The number of benzene rings is 1. The van der Waals surface area contributed by atoms with Crippen LogP contribution in [0.1, 0.15) is 17.9 Å². The van der Waals surface area contributed by atoms with Crippen molar-refractivity contribution in [1.82, 2.24) is 0 Å². The van der Waals surface area contributed by atoms with Crippen LogP contribution in [0.15, 0.2) is 30.3 Å². The van der Waals surface area contributed by atoms with Gasteiger partial charge in [0, 0.05) is 11.9 Å². The molecule has 0 aliphatic rings. The number of aliphatic hydroxyl groups is 1. The lowest BCUT2D eigenvalue weighted by Gasteiger charge is -2.14. The van der Waals surface area contributed by atoms with Crippen molar-refractivity contribution in [2.75, 3.05) is 6.61 Å². The largest absolute Gasteiger partial charge is 0.550 e. The van der Waals surface area contributed by atoms with Gasteiger partial charge in [0.2, 0.25) is 0 Å². The zero-order valence-corrected chi connectivity index (χ0v) is 7.14. The fraction of sp³-hybridized carbons (Fsp3) is 0.300. The second-order valence-electron chi connectivity index (χ2n) is 2.87. The topological polar surface area (TPSA) is 60.4 Å². The Morgan fingerprint density at radius 1 is 1.38 bits per heavy atom. The van der Waals surface area contributed by atoms with Gasteiger partial charge in [-0.3, -0.25) is 0 Å². The molecule has 0 spiro atoms. The summed E-state index contributed by atoms with van der Waals surface area (Å²) in [5, 5.41) is 19.3. The summed E-state index contributed by atoms with van der Waals surface area (Å²) in [6.45, 7) is -0.169. The molecular formula is C10H11O3-. The molecule has 0 heterocycles. The first-order chi connectivity index (χ1) is 6.24. The van der Waals surface area contributed by atoms with Crippen molar-refractivity contribution in [2.45, 2.75) is 12.3 Å². The summed E-state index contributed by atoms with van der Waals surface area (Å²) in [6, 6.07) is 9.06. The van der Waals surface area contributed by atoms with Gasteiger partial charge in [-0.2, -0.15) is 0 Å². The molecule has 0 aliphatic carbocycles. The summed E-state index contributed by atoms with van der Waals surface area (Å²) in [5.41, 5.74) is 0.828. The van der Waals surface area contributed by atoms with Gasteiger partial charge in [-0.15, -0.1) is 0 Å². The quantitative estimate of drug-likeness (QED) is 0.702. The minimum Gasteiger partial charge on any atom is -0.550 e. The first-order valence-corrected chi connectivity index (χ1v) is 4.09. The van der Waals surface area contributed by atoms with E-state index < -0.39 is 5.97 Å². The molecule has 70 valence electrons. The normalized spacial score (nSPS) is 12.4. The maximum absolute atomic E-state index is 10.3. The molecule has 1 aromatic carbocycles. The van der Waals surface area contributed by atoms with E-state index in [0.29, 0.717) is 0 Å². The molecule has 0 radical (unpaired) electrons. The Bertz CT molecular complexity index is 269. The molecule has 3 nitrogen and oxygen atoms in total. The average Bonchev–Trinajstić information content (AvgIpc) is 2.15. The van der Waals surface area contributed by atoms with Crippen molar-refractivity contribution in [3.8, 4) is 0 Å². The minimum absolute atomic E-state index is 0.138. The zero-order chi connectivity index (χ0) is 9.68. The summed E-state index contributed by atoms with van der Waals surface area (Å²) in [4.78, 5) is 10.3. The first-order valence-electron chi connectivity index (χ1n) is 4.09. The van der Waals surface area contributed by atoms with Gasteiger partial charge < -0.3 is 15.0 Å². The third-order valence-electron chi connectivity index (χ3n) is 1.90. The Balaban J connectivity index is 2.73. The first kappa shape index (κ1) is 9.74. The Kier molecular flexibility index (Phi) is 3.46. The maximum atomic E-state index is 10.3. The highest BCUT2D eigenvalue weighted by Gasteiger charge is 2.09. The molecule has 1 rings (SSSR count). The smallest absolute Gasteiger partial charge is 0.0503 e. The molecule has 0 saturated heterocycles. The molecule has 13 heavy (non-hydrogen) atoms. The van der Waals surface area contributed by atoms with Crippen LogP contribution < -0.4 is 5.11 Å². The van der Waals surface area contributed by atoms with Crippen LogP contribution in [-0.2, 0) is 4.79 Å². The monoisotopic (exact) mass is 179 g/mol. The third-order valence-corrected chi connectivity index (χ3v) is 1.90. The Morgan fingerprint density at radius 3 is 2.46 bits per heavy atom. The van der Waals surface area contributed by atoms with E-state index in [0.717, 1.165) is 5.56 Å². The predicted molar refractivity (Wildman–Crippen MR) is 45.9 cm³/mol. The van der Waals surface area contributed by atoms with E-state index in [-0.39, 0.29) is 18.9 Å². The lowest BCUT2D eigenvalue weighted by molar-refractivity contribution is -0.306. The van der Waals surface area contributed by atoms with Gasteiger partial charge in [-0.25, -0.2) is 0 Å². The maximum Gasteiger partial charge on any atom is 0.0503 e. The number of carbonyl (C=O) groups excluding carboxylic acids is 1. The number of carboxylic acids is 1. The standard InChI is InChI=1S/C10H12O3/c11-7-9(6-10(12)13)8-4-2-1-3-5-8/h1-5,9,11H,6-7H2,(H,12,13)/p-1. The second-order valence-corrected chi connectivity index (χ2v) is 2.87. The molecule has 0 aliphatic heterocycles. The van der Waals surface area contributed by atoms with Crippen LogP contribution in [-0.4, -0.2) is 17.7 Å². The lowest BCUT2D eigenvalue weighted by Crippen LogP contribution is -2.25. The Labute approximate surface area is 76.6 Å². The molecule has 3 heteroatoms. The van der Waals surface area contributed by atoms with E-state index in [4.69, 9.17) is 5.11 Å². The van der Waals surface area contributed by atoms with Crippen LogP contribution in [0.5, 0.6) is 0 Å². The Morgan fingerprint density at radius 2 is 2.00 bits per heavy atom. The highest BCUT2D eigenvalue weighted by molar-refractivity contribution is 5.65. The minimum atomic E-state index is -1.14. The molecule has 1 atom stereocenters. The number of carboxylic acid groups (broad SMARTS) is 1. The van der Waals surface area contributed by atoms with Crippen molar-refractivity contribution in [3.63, 3.8) is 0 Å². The van der Waals surface area contributed by atoms with E-state index in [9.17, 15) is 9.90 Å². The third kappa shape index (κ3) is 2.87. The average molecular weight is 179 g/mol. The second kappa shape index (κ2) is 4.62. The van der Waals surface area contributed by atoms with Crippen LogP contribution in [0.4, 0.5) is 0 Å². The van der Waals surface area contributed by atoms with Gasteiger partial charge in [-0.1, -0.05) is 30.3 Å². The van der Waals surface area contributed by atoms with Gasteiger partial charge in [-0.05, 0) is 12.0 Å². The van der Waals surface area contributed by atoms with Gasteiger partial charge >= 0.3 is 0 Å².